The third-order valence-corrected chi connectivity index (χ3v) is 3.76. The van der Waals surface area contributed by atoms with E-state index in [1.807, 2.05) is 0 Å². The van der Waals surface area contributed by atoms with Crippen LogP contribution in [0.1, 0.15) is 44.9 Å². The molecule has 17 heavy (non-hydrogen) atoms. The van der Waals surface area contributed by atoms with Crippen LogP contribution in [-0.4, -0.2) is 28.9 Å². The molecule has 0 bridgehead atoms. The molecule has 3 amide bonds. The van der Waals surface area contributed by atoms with Gasteiger partial charge in [-0.3, -0.25) is 10.1 Å². The van der Waals surface area contributed by atoms with Gasteiger partial charge in [0.1, 0.15) is 5.54 Å². The Morgan fingerprint density at radius 2 is 2.00 bits per heavy atom. The van der Waals surface area contributed by atoms with Gasteiger partial charge in [0.2, 0.25) is 0 Å². The number of nitrogens with zero attached hydrogens (tertiary/aromatic N) is 2. The topological polar surface area (TPSA) is 73.2 Å². The lowest BCUT2D eigenvalue weighted by molar-refractivity contribution is -0.126. The van der Waals surface area contributed by atoms with Crippen LogP contribution in [0.3, 0.4) is 0 Å². The molecule has 1 saturated heterocycles. The molecular formula is C12H17N3O2. The lowest BCUT2D eigenvalue weighted by Crippen LogP contribution is -2.47. The Labute approximate surface area is 101 Å². The van der Waals surface area contributed by atoms with Crippen molar-refractivity contribution >= 4 is 11.9 Å². The molecule has 0 aromatic carbocycles. The molecule has 92 valence electrons. The summed E-state index contributed by atoms with van der Waals surface area (Å²) in [6.45, 7) is 0.583. The zero-order valence-corrected chi connectivity index (χ0v) is 9.87. The van der Waals surface area contributed by atoms with Crippen molar-refractivity contribution in [1.29, 1.82) is 5.26 Å². The quantitative estimate of drug-likeness (QED) is 0.593. The number of carbonyl (C=O) groups excluding carboxylic acids is 2. The van der Waals surface area contributed by atoms with Crippen molar-refractivity contribution in [1.82, 2.24) is 10.2 Å². The van der Waals surface area contributed by atoms with E-state index in [1.165, 1.54) is 0 Å². The molecule has 2 rings (SSSR count). The summed E-state index contributed by atoms with van der Waals surface area (Å²) in [6.07, 6.45) is 5.66. The molecule has 5 nitrogen and oxygen atoms in total. The zero-order chi connectivity index (χ0) is 12.3. The Kier molecular flexibility index (Phi) is 3.32. The molecule has 2 aliphatic rings. The van der Waals surface area contributed by atoms with Gasteiger partial charge in [-0.1, -0.05) is 12.8 Å². The zero-order valence-electron chi connectivity index (χ0n) is 9.87. The number of urea groups is 1. The molecular weight excluding hydrogens is 218 g/mol. The molecule has 0 atom stereocenters. The summed E-state index contributed by atoms with van der Waals surface area (Å²) in [4.78, 5) is 25.3. The highest BCUT2D eigenvalue weighted by atomic mass is 16.2. The molecule has 0 unspecified atom stereocenters. The number of imide groups is 1. The Morgan fingerprint density at radius 3 is 2.65 bits per heavy atom. The summed E-state index contributed by atoms with van der Waals surface area (Å²) in [5.41, 5.74) is -0.566. The van der Waals surface area contributed by atoms with Gasteiger partial charge in [0.05, 0.1) is 6.07 Å². The largest absolute Gasteiger partial charge is 0.325 e. The first-order valence-corrected chi connectivity index (χ1v) is 6.21. The first-order valence-electron chi connectivity index (χ1n) is 6.21. The predicted octanol–water partition coefficient (Wildman–Crippen LogP) is 1.54. The summed E-state index contributed by atoms with van der Waals surface area (Å²) in [6, 6.07) is 1.83. The molecule has 1 heterocycles. The summed E-state index contributed by atoms with van der Waals surface area (Å²) in [5.74, 6) is -0.125. The summed E-state index contributed by atoms with van der Waals surface area (Å²) in [5, 5.41) is 10.9. The van der Waals surface area contributed by atoms with Crippen molar-refractivity contribution in [3.8, 4) is 6.07 Å². The maximum atomic E-state index is 11.9. The van der Waals surface area contributed by atoms with Crippen LogP contribution in [0.4, 0.5) is 4.79 Å². The van der Waals surface area contributed by atoms with Gasteiger partial charge in [0.15, 0.2) is 0 Å². The van der Waals surface area contributed by atoms with E-state index in [1.54, 1.807) is 4.90 Å². The fraction of sp³-hybridized carbons (Fsp3) is 0.750. The van der Waals surface area contributed by atoms with Crippen molar-refractivity contribution in [3.05, 3.63) is 0 Å². The second-order valence-corrected chi connectivity index (χ2v) is 4.76. The molecule has 0 radical (unpaired) electrons. The van der Waals surface area contributed by atoms with Crippen molar-refractivity contribution in [2.45, 2.75) is 50.5 Å². The van der Waals surface area contributed by atoms with Crippen molar-refractivity contribution in [2.24, 2.45) is 0 Å². The van der Waals surface area contributed by atoms with E-state index in [9.17, 15) is 9.59 Å². The summed E-state index contributed by atoms with van der Waals surface area (Å²) in [7, 11) is 0. The number of hydrogen-bond donors (Lipinski definition) is 1. The second-order valence-electron chi connectivity index (χ2n) is 4.76. The summed E-state index contributed by atoms with van der Waals surface area (Å²) < 4.78 is 0. The molecule has 1 aliphatic heterocycles. The van der Waals surface area contributed by atoms with Crippen LogP contribution in [0.5, 0.6) is 0 Å². The Hall–Kier alpha value is -1.57. The molecule has 5 heteroatoms. The second kappa shape index (κ2) is 4.74. The fourth-order valence-corrected chi connectivity index (χ4v) is 2.84. The SMILES string of the molecule is N#CCCCCN1C(=O)NC(=O)C12CCCC2. The number of rotatable bonds is 4. The number of unbranched alkanes of at least 4 members (excludes halogenated alkanes) is 2. The third-order valence-electron chi connectivity index (χ3n) is 3.76. The van der Waals surface area contributed by atoms with Gasteiger partial charge in [-0.2, -0.15) is 5.26 Å². The molecule has 1 aliphatic carbocycles. The van der Waals surface area contributed by atoms with Gasteiger partial charge in [0.25, 0.3) is 5.91 Å². The van der Waals surface area contributed by atoms with Gasteiger partial charge < -0.3 is 4.90 Å². The van der Waals surface area contributed by atoms with E-state index in [-0.39, 0.29) is 11.9 Å². The predicted molar refractivity (Wildman–Crippen MR) is 60.9 cm³/mol. The molecule has 1 saturated carbocycles. The highest BCUT2D eigenvalue weighted by Gasteiger charge is 2.53. The maximum absolute atomic E-state index is 11.9. The van der Waals surface area contributed by atoms with E-state index in [0.717, 1.165) is 38.5 Å². The van der Waals surface area contributed by atoms with Crippen LogP contribution < -0.4 is 5.32 Å². The van der Waals surface area contributed by atoms with E-state index in [4.69, 9.17) is 5.26 Å². The normalized spacial score (nSPS) is 21.9. The number of carbonyl (C=O) groups is 2. The van der Waals surface area contributed by atoms with E-state index in [2.05, 4.69) is 11.4 Å². The lowest BCUT2D eigenvalue weighted by Gasteiger charge is -2.31. The van der Waals surface area contributed by atoms with Crippen LogP contribution in [0.25, 0.3) is 0 Å². The monoisotopic (exact) mass is 235 g/mol. The van der Waals surface area contributed by atoms with E-state index in [0.29, 0.717) is 13.0 Å². The highest BCUT2D eigenvalue weighted by molar-refractivity contribution is 6.07. The van der Waals surface area contributed by atoms with Gasteiger partial charge >= 0.3 is 6.03 Å². The van der Waals surface area contributed by atoms with Crippen LogP contribution in [-0.2, 0) is 4.79 Å². The third kappa shape index (κ3) is 1.99. The standard InChI is InChI=1S/C12H17N3O2/c13-8-4-1-5-9-15-11(17)14-10(16)12(15)6-2-3-7-12/h1-7,9H2,(H,14,16,17). The first kappa shape index (κ1) is 11.9. The minimum atomic E-state index is -0.566. The number of nitriles is 1. The smallest absolute Gasteiger partial charge is 0.310 e. The number of nitrogens with one attached hydrogen (secondary N) is 1. The lowest BCUT2D eigenvalue weighted by atomic mass is 9.96. The van der Waals surface area contributed by atoms with Crippen LogP contribution in [0.2, 0.25) is 0 Å². The van der Waals surface area contributed by atoms with Crippen LogP contribution >= 0.6 is 0 Å². The van der Waals surface area contributed by atoms with Crippen molar-refractivity contribution < 1.29 is 9.59 Å². The van der Waals surface area contributed by atoms with Crippen molar-refractivity contribution in [3.63, 3.8) is 0 Å². The van der Waals surface area contributed by atoms with Gasteiger partial charge in [-0.15, -0.1) is 0 Å². The van der Waals surface area contributed by atoms with E-state index < -0.39 is 5.54 Å². The average molecular weight is 235 g/mol. The maximum Gasteiger partial charge on any atom is 0.325 e. The number of hydrogen-bond acceptors (Lipinski definition) is 3. The minimum absolute atomic E-state index is 0.125. The van der Waals surface area contributed by atoms with Crippen molar-refractivity contribution in [2.75, 3.05) is 6.54 Å². The molecule has 0 aromatic rings. The van der Waals surface area contributed by atoms with E-state index >= 15 is 0 Å². The Morgan fingerprint density at radius 1 is 1.29 bits per heavy atom. The van der Waals surface area contributed by atoms with Gasteiger partial charge in [0, 0.05) is 13.0 Å². The molecule has 2 fully saturated rings. The van der Waals surface area contributed by atoms with Gasteiger partial charge in [-0.05, 0) is 25.7 Å². The molecule has 1 N–H and O–H groups in total. The van der Waals surface area contributed by atoms with Crippen LogP contribution in [0, 0.1) is 11.3 Å². The Bertz CT molecular complexity index is 366. The fourth-order valence-electron chi connectivity index (χ4n) is 2.84. The number of amides is 3. The first-order chi connectivity index (χ1) is 8.20. The minimum Gasteiger partial charge on any atom is -0.310 e. The summed E-state index contributed by atoms with van der Waals surface area (Å²) >= 11 is 0. The molecule has 0 aromatic heterocycles. The molecule has 1 spiro atoms. The van der Waals surface area contributed by atoms with Crippen LogP contribution in [0.15, 0.2) is 0 Å². The van der Waals surface area contributed by atoms with Gasteiger partial charge in [-0.25, -0.2) is 4.79 Å². The highest BCUT2D eigenvalue weighted by Crippen LogP contribution is 2.38. The Balaban J connectivity index is 2.00. The average Bonchev–Trinajstić information content (AvgIpc) is 2.86.